The molecule has 0 aromatic heterocycles. The molecule has 0 saturated heterocycles. The fourth-order valence-corrected chi connectivity index (χ4v) is 5.19. The molecule has 1 amide bonds. The Labute approximate surface area is 283 Å². The summed E-state index contributed by atoms with van der Waals surface area (Å²) in [5.74, 6) is -0.475. The van der Waals surface area contributed by atoms with Gasteiger partial charge in [0.15, 0.2) is 0 Å². The van der Waals surface area contributed by atoms with Crippen molar-refractivity contribution in [1.82, 2.24) is 5.32 Å². The highest BCUT2D eigenvalue weighted by molar-refractivity contribution is 5.75. The van der Waals surface area contributed by atoms with Crippen LogP contribution in [0.1, 0.15) is 162 Å². The van der Waals surface area contributed by atoms with E-state index in [0.29, 0.717) is 32.3 Å². The lowest BCUT2D eigenvalue weighted by molar-refractivity contribution is -0.870. The first kappa shape index (κ1) is 44.1. The Kier molecular flexibility index (Phi) is 29.1. The van der Waals surface area contributed by atoms with Crippen molar-refractivity contribution in [3.05, 3.63) is 12.2 Å². The number of esters is 2. The van der Waals surface area contributed by atoms with E-state index in [1.54, 1.807) is 0 Å². The highest BCUT2D eigenvalue weighted by Crippen LogP contribution is 2.16. The maximum Gasteiger partial charge on any atom is 0.306 e. The van der Waals surface area contributed by atoms with Crippen LogP contribution >= 0.6 is 0 Å². The second kappa shape index (κ2) is 30.4. The fraction of sp³-hybridized carbons (Fsp3) is 0.868. The zero-order valence-electron chi connectivity index (χ0n) is 30.6. The lowest BCUT2D eigenvalue weighted by atomic mass is 10.0. The van der Waals surface area contributed by atoms with Gasteiger partial charge in [0.1, 0.15) is 19.3 Å². The molecule has 2 unspecified atom stereocenters. The third-order valence-electron chi connectivity index (χ3n) is 8.26. The first-order valence-corrected chi connectivity index (χ1v) is 18.8. The second-order valence-corrected chi connectivity index (χ2v) is 14.0. The van der Waals surface area contributed by atoms with Gasteiger partial charge in [-0.3, -0.25) is 14.4 Å². The third-order valence-corrected chi connectivity index (χ3v) is 8.26. The summed E-state index contributed by atoms with van der Waals surface area (Å²) in [5, 5.41) is 13.8. The first-order valence-electron chi connectivity index (χ1n) is 18.8. The minimum atomic E-state index is -0.737. The number of amides is 1. The van der Waals surface area contributed by atoms with E-state index in [2.05, 4.69) is 25.2 Å². The van der Waals surface area contributed by atoms with Gasteiger partial charge in [-0.15, -0.1) is 0 Å². The summed E-state index contributed by atoms with van der Waals surface area (Å²) in [6, 6.07) is 0. The molecule has 0 bridgehead atoms. The highest BCUT2D eigenvalue weighted by atomic mass is 16.6. The monoisotopic (exact) mass is 654 g/mol. The molecule has 0 saturated carbocycles. The van der Waals surface area contributed by atoms with Gasteiger partial charge in [-0.05, 0) is 51.4 Å². The number of unbranched alkanes of at least 4 members (excludes halogenated alkanes) is 14. The number of allylic oxidation sites excluding steroid dienone is 1. The molecule has 0 aliphatic heterocycles. The minimum Gasteiger partial charge on any atom is -0.460 e. The number of likely N-dealkylation sites (N-methyl/N-ethyl adjacent to an activating group) is 1. The van der Waals surface area contributed by atoms with Crippen molar-refractivity contribution >= 4 is 17.8 Å². The number of ether oxygens (including phenoxy) is 2. The summed E-state index contributed by atoms with van der Waals surface area (Å²) in [6.07, 6.45) is 24.8. The Balaban J connectivity index is 4.02. The molecule has 0 aliphatic rings. The molecule has 270 valence electrons. The molecule has 8 heteroatoms. The van der Waals surface area contributed by atoms with E-state index in [4.69, 9.17) is 9.47 Å². The summed E-state index contributed by atoms with van der Waals surface area (Å²) in [6.45, 7) is 6.28. The van der Waals surface area contributed by atoms with Crippen LogP contribution in [0.2, 0.25) is 0 Å². The van der Waals surface area contributed by atoms with E-state index in [9.17, 15) is 19.5 Å². The fourth-order valence-electron chi connectivity index (χ4n) is 5.19. The lowest BCUT2D eigenvalue weighted by Gasteiger charge is -2.23. The molecular formula is C38H73N2O6+. The predicted octanol–water partition coefficient (Wildman–Crippen LogP) is 8.19. The number of carbonyl (C=O) groups excluding carboxylic acids is 3. The molecule has 2 atom stereocenters. The van der Waals surface area contributed by atoms with Gasteiger partial charge in [0.05, 0.1) is 27.2 Å². The Morgan fingerprint density at radius 1 is 0.696 bits per heavy atom. The number of quaternary nitrogens is 1. The van der Waals surface area contributed by atoms with E-state index in [1.807, 2.05) is 27.2 Å². The summed E-state index contributed by atoms with van der Waals surface area (Å²) < 4.78 is 11.6. The van der Waals surface area contributed by atoms with Crippen LogP contribution < -0.4 is 5.32 Å². The van der Waals surface area contributed by atoms with E-state index in [-0.39, 0.29) is 30.7 Å². The molecule has 46 heavy (non-hydrogen) atoms. The molecular weight excluding hydrogens is 580 g/mol. The third kappa shape index (κ3) is 30.7. The predicted molar refractivity (Wildman–Crippen MR) is 189 cm³/mol. The number of rotatable bonds is 32. The van der Waals surface area contributed by atoms with E-state index in [0.717, 1.165) is 81.8 Å². The van der Waals surface area contributed by atoms with Crippen LogP contribution in [0.15, 0.2) is 12.2 Å². The maximum absolute atomic E-state index is 12.5. The molecule has 0 aliphatic carbocycles. The molecule has 0 aromatic rings. The van der Waals surface area contributed by atoms with Crippen molar-refractivity contribution in [2.24, 2.45) is 0 Å². The average Bonchev–Trinajstić information content (AvgIpc) is 3.00. The number of nitrogens with one attached hydrogen (secondary N) is 1. The van der Waals surface area contributed by atoms with Crippen molar-refractivity contribution in [3.63, 3.8) is 0 Å². The van der Waals surface area contributed by atoms with E-state index in [1.165, 1.54) is 44.9 Å². The van der Waals surface area contributed by atoms with E-state index < -0.39 is 12.2 Å². The number of aliphatic hydroxyl groups is 1. The molecule has 0 fully saturated rings. The Morgan fingerprint density at radius 3 is 1.96 bits per heavy atom. The van der Waals surface area contributed by atoms with Gasteiger partial charge in [0.2, 0.25) is 5.91 Å². The van der Waals surface area contributed by atoms with Gasteiger partial charge in [-0.25, -0.2) is 0 Å². The Hall–Kier alpha value is -1.93. The molecule has 2 N–H and O–H groups in total. The first-order chi connectivity index (χ1) is 22.1. The smallest absolute Gasteiger partial charge is 0.306 e. The van der Waals surface area contributed by atoms with Crippen LogP contribution in [0.4, 0.5) is 0 Å². The quantitative estimate of drug-likeness (QED) is 0.0329. The van der Waals surface area contributed by atoms with E-state index >= 15 is 0 Å². The standard InChI is InChI=1S/C38H72N2O6/c1-6-8-10-11-12-17-20-24-31-39-36(42)28-23-19-16-14-13-15-18-22-26-34(41)35(27-21-9-7-2)46-38(44)30-25-29-37(43)45-33-32-40(3,4)5/h18,22,34-35,41H,6-17,19-21,23-33H2,1-5H3/p+1. The molecule has 8 nitrogen and oxygen atoms in total. The zero-order chi connectivity index (χ0) is 34.3. The van der Waals surface area contributed by atoms with Crippen molar-refractivity contribution in [2.75, 3.05) is 40.8 Å². The van der Waals surface area contributed by atoms with Crippen LogP contribution in [0.3, 0.4) is 0 Å². The molecule has 0 spiro atoms. The van der Waals surface area contributed by atoms with Crippen LogP contribution in [0, 0.1) is 0 Å². The molecule has 0 heterocycles. The van der Waals surface area contributed by atoms with Gasteiger partial charge < -0.3 is 24.4 Å². The Bertz CT molecular complexity index is 780. The number of aliphatic hydroxyl groups excluding tert-OH is 1. The number of hydrogen-bond acceptors (Lipinski definition) is 6. The Morgan fingerprint density at radius 2 is 1.28 bits per heavy atom. The molecule has 0 aromatic carbocycles. The second-order valence-electron chi connectivity index (χ2n) is 14.0. The summed E-state index contributed by atoms with van der Waals surface area (Å²) in [7, 11) is 6.12. The number of nitrogens with zero attached hydrogens (tertiary/aromatic N) is 1. The number of hydrogen-bond donors (Lipinski definition) is 2. The summed E-state index contributed by atoms with van der Waals surface area (Å²) >= 11 is 0. The van der Waals surface area contributed by atoms with Crippen molar-refractivity contribution in [3.8, 4) is 0 Å². The van der Waals surface area contributed by atoms with Gasteiger partial charge in [-0.2, -0.15) is 0 Å². The van der Waals surface area contributed by atoms with Crippen LogP contribution in [-0.2, 0) is 23.9 Å². The van der Waals surface area contributed by atoms with Crippen LogP contribution in [0.5, 0.6) is 0 Å². The maximum atomic E-state index is 12.5. The SMILES string of the molecule is CCCCCCCCCCNC(=O)CCCCCCCC=CCC(O)C(CCCCC)OC(=O)CCCC(=O)OCC[N+](C)(C)C. The van der Waals surface area contributed by atoms with Gasteiger partial charge >= 0.3 is 11.9 Å². The lowest BCUT2D eigenvalue weighted by Crippen LogP contribution is -2.38. The summed E-state index contributed by atoms with van der Waals surface area (Å²) in [4.78, 5) is 36.4. The van der Waals surface area contributed by atoms with Gasteiger partial charge in [0, 0.05) is 25.8 Å². The minimum absolute atomic E-state index is 0.140. The molecule has 0 rings (SSSR count). The van der Waals surface area contributed by atoms with Gasteiger partial charge in [-0.1, -0.05) is 103 Å². The topological polar surface area (TPSA) is 102 Å². The highest BCUT2D eigenvalue weighted by Gasteiger charge is 2.22. The molecule has 0 radical (unpaired) electrons. The average molecular weight is 654 g/mol. The van der Waals surface area contributed by atoms with Gasteiger partial charge in [0.25, 0.3) is 0 Å². The van der Waals surface area contributed by atoms with Crippen LogP contribution in [-0.4, -0.2) is 80.5 Å². The van der Waals surface area contributed by atoms with Crippen molar-refractivity contribution in [2.45, 2.75) is 174 Å². The normalized spacial score (nSPS) is 13.1. The largest absolute Gasteiger partial charge is 0.460 e. The number of carbonyl (C=O) groups is 3. The van der Waals surface area contributed by atoms with Crippen molar-refractivity contribution < 1.29 is 33.4 Å². The van der Waals surface area contributed by atoms with Crippen molar-refractivity contribution in [1.29, 1.82) is 0 Å². The summed E-state index contributed by atoms with van der Waals surface area (Å²) in [5.41, 5.74) is 0. The van der Waals surface area contributed by atoms with Crippen LogP contribution in [0.25, 0.3) is 0 Å². The zero-order valence-corrected chi connectivity index (χ0v) is 30.6.